The Morgan fingerprint density at radius 3 is 2.00 bits per heavy atom. The lowest BCUT2D eigenvalue weighted by Gasteiger charge is -2.38. The average molecular weight is 293 g/mol. The van der Waals surface area contributed by atoms with Crippen molar-refractivity contribution in [1.82, 2.24) is 4.90 Å². The van der Waals surface area contributed by atoms with Crippen LogP contribution in [-0.2, 0) is 0 Å². The van der Waals surface area contributed by atoms with Crippen molar-refractivity contribution in [2.75, 3.05) is 13.1 Å². The first-order chi connectivity index (χ1) is 9.58. The van der Waals surface area contributed by atoms with Gasteiger partial charge < -0.3 is 4.90 Å². The summed E-state index contributed by atoms with van der Waals surface area (Å²) in [6.45, 7) is 12.6. The molecular formula is C18H36AlN. The van der Waals surface area contributed by atoms with Gasteiger partial charge in [0.25, 0.3) is 14.1 Å². The largest absolute Gasteiger partial charge is 0.301 e. The Kier molecular flexibility index (Phi) is 6.92. The third-order valence-corrected chi connectivity index (χ3v) is 10.6. The van der Waals surface area contributed by atoms with E-state index in [4.69, 9.17) is 0 Å². The summed E-state index contributed by atoms with van der Waals surface area (Å²) in [4.78, 5) is 2.90. The molecule has 2 atom stereocenters. The predicted molar refractivity (Wildman–Crippen MR) is 91.9 cm³/mol. The summed E-state index contributed by atoms with van der Waals surface area (Å²) in [5.74, 6) is 1.85. The maximum Gasteiger partial charge on any atom is 0.268 e. The van der Waals surface area contributed by atoms with E-state index in [1.165, 1.54) is 45.2 Å². The minimum atomic E-state index is -0.573. The summed E-state index contributed by atoms with van der Waals surface area (Å²) >= 11 is -0.573. The molecule has 1 heterocycles. The fraction of sp³-hybridized carbons (Fsp3) is 1.00. The molecule has 1 saturated carbocycles. The zero-order valence-corrected chi connectivity index (χ0v) is 15.6. The first kappa shape index (κ1) is 16.9. The molecule has 0 amide bonds. The van der Waals surface area contributed by atoms with Crippen molar-refractivity contribution < 1.29 is 0 Å². The molecule has 20 heavy (non-hydrogen) atoms. The van der Waals surface area contributed by atoms with Gasteiger partial charge in [0.05, 0.1) is 0 Å². The molecule has 0 aromatic heterocycles. The van der Waals surface area contributed by atoms with Crippen molar-refractivity contribution in [3.63, 3.8) is 0 Å². The van der Waals surface area contributed by atoms with Gasteiger partial charge in [0.1, 0.15) is 0 Å². The molecule has 1 nitrogen and oxygen atoms in total. The van der Waals surface area contributed by atoms with Gasteiger partial charge in [-0.25, -0.2) is 0 Å². The van der Waals surface area contributed by atoms with Gasteiger partial charge in [-0.2, -0.15) is 0 Å². The average Bonchev–Trinajstić information content (AvgIpc) is 2.87. The molecule has 0 N–H and O–H groups in total. The Hall–Kier alpha value is 0.492. The molecule has 0 radical (unpaired) electrons. The Balaban J connectivity index is 2.00. The lowest BCUT2D eigenvalue weighted by atomic mass is 10.1. The van der Waals surface area contributed by atoms with Crippen LogP contribution >= 0.6 is 0 Å². The van der Waals surface area contributed by atoms with Gasteiger partial charge in [-0.05, 0) is 32.4 Å². The van der Waals surface area contributed by atoms with Crippen LogP contribution in [0, 0.1) is 11.8 Å². The number of hydrogen-bond donors (Lipinski definition) is 0. The van der Waals surface area contributed by atoms with Crippen molar-refractivity contribution in [1.29, 1.82) is 0 Å². The molecule has 0 aromatic carbocycles. The van der Waals surface area contributed by atoms with Crippen LogP contribution in [0.2, 0.25) is 15.3 Å². The van der Waals surface area contributed by atoms with E-state index < -0.39 is 14.1 Å². The molecule has 2 heteroatoms. The molecule has 0 spiro atoms. The highest BCUT2D eigenvalue weighted by Crippen LogP contribution is 2.41. The maximum absolute atomic E-state index is 2.90. The van der Waals surface area contributed by atoms with E-state index in [2.05, 4.69) is 32.6 Å². The second kappa shape index (κ2) is 8.21. The van der Waals surface area contributed by atoms with Gasteiger partial charge in [0.2, 0.25) is 0 Å². The van der Waals surface area contributed by atoms with Gasteiger partial charge in [0.15, 0.2) is 0 Å². The first-order valence-electron chi connectivity index (χ1n) is 9.32. The van der Waals surface area contributed by atoms with E-state index in [0.717, 1.165) is 22.7 Å². The quantitative estimate of drug-likeness (QED) is 0.608. The first-order valence-corrected chi connectivity index (χ1v) is 11.6. The lowest BCUT2D eigenvalue weighted by Crippen LogP contribution is -2.43. The summed E-state index contributed by atoms with van der Waals surface area (Å²) in [6.07, 6.45) is 9.01. The Labute approximate surface area is 131 Å². The third-order valence-electron chi connectivity index (χ3n) is 5.55. The van der Waals surface area contributed by atoms with Crippen molar-refractivity contribution in [3.8, 4) is 0 Å². The summed E-state index contributed by atoms with van der Waals surface area (Å²) in [7, 11) is 0. The molecule has 1 aliphatic heterocycles. The fourth-order valence-electron chi connectivity index (χ4n) is 4.88. The molecule has 0 aromatic rings. The zero-order chi connectivity index (χ0) is 14.5. The molecule has 2 aliphatic rings. The number of rotatable bonds is 6. The van der Waals surface area contributed by atoms with E-state index in [1.54, 1.807) is 17.0 Å². The highest BCUT2D eigenvalue weighted by Gasteiger charge is 2.40. The van der Waals surface area contributed by atoms with Gasteiger partial charge in [-0.15, -0.1) is 0 Å². The Morgan fingerprint density at radius 1 is 0.850 bits per heavy atom. The van der Waals surface area contributed by atoms with Crippen LogP contribution in [0.5, 0.6) is 0 Å². The molecular weight excluding hydrogens is 257 g/mol. The molecule has 2 fully saturated rings. The summed E-state index contributed by atoms with van der Waals surface area (Å²) < 4.78 is 1.14. The summed E-state index contributed by atoms with van der Waals surface area (Å²) in [6, 6.07) is 0.990. The van der Waals surface area contributed by atoms with E-state index in [0.29, 0.717) is 0 Å². The van der Waals surface area contributed by atoms with Crippen molar-refractivity contribution >= 4 is 14.1 Å². The molecule has 1 aliphatic carbocycles. The van der Waals surface area contributed by atoms with Crippen LogP contribution in [0.4, 0.5) is 0 Å². The van der Waals surface area contributed by atoms with Crippen LogP contribution < -0.4 is 0 Å². The monoisotopic (exact) mass is 293 g/mol. The van der Waals surface area contributed by atoms with Crippen molar-refractivity contribution in [2.45, 2.75) is 87.6 Å². The lowest BCUT2D eigenvalue weighted by molar-refractivity contribution is 0.164. The second-order valence-electron chi connectivity index (χ2n) is 8.28. The second-order valence-corrected chi connectivity index (χ2v) is 11.6. The van der Waals surface area contributed by atoms with Crippen LogP contribution in [-0.4, -0.2) is 38.2 Å². The van der Waals surface area contributed by atoms with E-state index in [9.17, 15) is 0 Å². The highest BCUT2D eigenvalue weighted by atomic mass is 27.2. The number of hydrogen-bond acceptors (Lipinski definition) is 1. The standard InChI is InChI=1S/C10H18N.2C4H9.Al/c1-4-8-11(9-5-1)10-6-2-3-7-10;2*1-4(2)3;/h6,10H,1-5,7-9H2;2*4H,1H2,2-3H3;. The van der Waals surface area contributed by atoms with Gasteiger partial charge in [-0.1, -0.05) is 74.1 Å². The smallest absolute Gasteiger partial charge is 0.268 e. The van der Waals surface area contributed by atoms with Crippen molar-refractivity contribution in [3.05, 3.63) is 0 Å². The number of nitrogens with zero attached hydrogens (tertiary/aromatic N) is 1. The van der Waals surface area contributed by atoms with Gasteiger partial charge >= 0.3 is 0 Å². The Morgan fingerprint density at radius 2 is 1.45 bits per heavy atom. The van der Waals surface area contributed by atoms with Gasteiger partial charge in [0, 0.05) is 6.04 Å². The van der Waals surface area contributed by atoms with Gasteiger partial charge in [-0.3, -0.25) is 0 Å². The molecule has 2 rings (SSSR count). The minimum Gasteiger partial charge on any atom is -0.301 e. The molecule has 2 unspecified atom stereocenters. The topological polar surface area (TPSA) is 3.24 Å². The third kappa shape index (κ3) is 4.76. The van der Waals surface area contributed by atoms with Crippen LogP contribution in [0.25, 0.3) is 0 Å². The highest BCUT2D eigenvalue weighted by molar-refractivity contribution is 6.60. The predicted octanol–water partition coefficient (Wildman–Crippen LogP) is 5.20. The van der Waals surface area contributed by atoms with Crippen molar-refractivity contribution in [2.24, 2.45) is 11.8 Å². The molecule has 0 bridgehead atoms. The van der Waals surface area contributed by atoms with Crippen LogP contribution in [0.15, 0.2) is 0 Å². The number of likely N-dealkylation sites (tertiary alicyclic amines) is 1. The summed E-state index contributed by atoms with van der Waals surface area (Å²) in [5, 5.41) is 3.18. The SMILES string of the molecule is CC(C)[CH2][Al]([CH2]C(C)C)[CH]1CCCC1N1CCCCC1. The van der Waals surface area contributed by atoms with E-state index >= 15 is 0 Å². The van der Waals surface area contributed by atoms with E-state index in [1.807, 2.05) is 0 Å². The molecule has 1 saturated heterocycles. The normalized spacial score (nSPS) is 28.5. The zero-order valence-electron chi connectivity index (χ0n) is 14.4. The fourth-order valence-corrected chi connectivity index (χ4v) is 9.96. The molecule has 116 valence electrons. The van der Waals surface area contributed by atoms with E-state index in [-0.39, 0.29) is 0 Å². The number of piperidine rings is 1. The van der Waals surface area contributed by atoms with Crippen LogP contribution in [0.3, 0.4) is 0 Å². The summed E-state index contributed by atoms with van der Waals surface area (Å²) in [5.41, 5.74) is 0. The maximum atomic E-state index is 2.90. The minimum absolute atomic E-state index is 0.573. The Bertz CT molecular complexity index is 261. The van der Waals surface area contributed by atoms with Crippen LogP contribution in [0.1, 0.15) is 66.2 Å².